The Kier molecular flexibility index (Phi) is 9.82. The van der Waals surface area contributed by atoms with Gasteiger partial charge in [0.2, 0.25) is 0 Å². The van der Waals surface area contributed by atoms with Gasteiger partial charge in [0.15, 0.2) is 5.78 Å². The highest BCUT2D eigenvalue weighted by atomic mass is 19.4. The molecule has 0 spiro atoms. The molecule has 0 bridgehead atoms. The van der Waals surface area contributed by atoms with E-state index in [9.17, 15) is 37.8 Å². The quantitative estimate of drug-likeness (QED) is 0.277. The maximum Gasteiger partial charge on any atom is 0.416 e. The Hall–Kier alpha value is -3.76. The highest BCUT2D eigenvalue weighted by Crippen LogP contribution is 2.44. The average molecular weight is 553 g/mol. The summed E-state index contributed by atoms with van der Waals surface area (Å²) in [5.74, 6) is -1.59. The highest BCUT2D eigenvalue weighted by molar-refractivity contribution is 6.01. The number of carboxylic acid groups (broad SMARTS) is 2. The zero-order chi connectivity index (χ0) is 28.6. The van der Waals surface area contributed by atoms with Gasteiger partial charge < -0.3 is 24.4 Å². The van der Waals surface area contributed by atoms with Gasteiger partial charge in [-0.2, -0.15) is 13.2 Å². The largest absolute Gasteiger partial charge is 0.493 e. The Balaban J connectivity index is 1.73. The topological polar surface area (TPSA) is 119 Å². The third kappa shape index (κ3) is 8.11. The molecule has 0 atom stereocenters. The molecule has 11 heteroatoms. The molecule has 2 N–H and O–H groups in total. The average Bonchev–Trinajstić information content (AvgIpc) is 2.87. The van der Waals surface area contributed by atoms with Crippen LogP contribution >= 0.6 is 0 Å². The Morgan fingerprint density at radius 3 is 2.31 bits per heavy atom. The van der Waals surface area contributed by atoms with Crippen LogP contribution in [0.25, 0.3) is 0 Å². The van der Waals surface area contributed by atoms with Gasteiger partial charge in [-0.05, 0) is 49.6 Å². The van der Waals surface area contributed by atoms with E-state index in [4.69, 9.17) is 14.2 Å². The number of hydrogen-bond donors (Lipinski definition) is 2. The minimum Gasteiger partial charge on any atom is -0.493 e. The molecule has 0 aliphatic carbocycles. The van der Waals surface area contributed by atoms with Crippen molar-refractivity contribution in [3.05, 3.63) is 53.1 Å². The zero-order valence-electron chi connectivity index (χ0n) is 21.5. The second-order valence-corrected chi connectivity index (χ2v) is 9.42. The Morgan fingerprint density at radius 2 is 1.69 bits per heavy atom. The van der Waals surface area contributed by atoms with Gasteiger partial charge in [-0.3, -0.25) is 14.4 Å². The van der Waals surface area contributed by atoms with Gasteiger partial charge >= 0.3 is 18.1 Å². The van der Waals surface area contributed by atoms with Crippen LogP contribution in [-0.4, -0.2) is 46.7 Å². The Labute approximate surface area is 223 Å². The van der Waals surface area contributed by atoms with Gasteiger partial charge in [0, 0.05) is 24.8 Å². The molecule has 0 saturated carbocycles. The van der Waals surface area contributed by atoms with E-state index in [0.717, 1.165) is 12.1 Å². The van der Waals surface area contributed by atoms with Gasteiger partial charge in [-0.25, -0.2) is 0 Å². The monoisotopic (exact) mass is 552 g/mol. The molecule has 8 nitrogen and oxygen atoms in total. The van der Waals surface area contributed by atoms with Crippen LogP contribution in [0, 0.1) is 0 Å². The summed E-state index contributed by atoms with van der Waals surface area (Å²) in [7, 11) is 0. The van der Waals surface area contributed by atoms with Crippen molar-refractivity contribution in [2.75, 3.05) is 13.2 Å². The number of Topliss-reactive ketones (excluding diaryl/α,β-unsaturated/α-hetero) is 1. The smallest absolute Gasteiger partial charge is 0.416 e. The van der Waals surface area contributed by atoms with E-state index in [1.807, 2.05) is 6.92 Å². The van der Waals surface area contributed by atoms with Crippen molar-refractivity contribution in [1.82, 2.24) is 0 Å². The van der Waals surface area contributed by atoms with E-state index in [0.29, 0.717) is 36.1 Å². The SMILES string of the molecule is CCCc1c(OCCCOc2cccc(C(F)(F)F)c2)ccc2c1OC(CCC(=O)O)(CCC(=O)O)CC2=O. The van der Waals surface area contributed by atoms with Gasteiger partial charge in [0.25, 0.3) is 0 Å². The van der Waals surface area contributed by atoms with E-state index in [1.54, 1.807) is 12.1 Å². The molecule has 3 rings (SSSR count). The predicted octanol–water partition coefficient (Wildman–Crippen LogP) is 5.94. The van der Waals surface area contributed by atoms with E-state index in [-0.39, 0.29) is 62.6 Å². The Morgan fingerprint density at radius 1 is 1.03 bits per heavy atom. The number of carbonyl (C=O) groups is 3. The molecule has 0 unspecified atom stereocenters. The summed E-state index contributed by atoms with van der Waals surface area (Å²) >= 11 is 0. The number of halogens is 3. The van der Waals surface area contributed by atoms with Crippen molar-refractivity contribution in [3.8, 4) is 17.2 Å². The molecule has 1 aliphatic heterocycles. The van der Waals surface area contributed by atoms with Crippen LogP contribution in [0.15, 0.2) is 36.4 Å². The van der Waals surface area contributed by atoms with E-state index in [1.165, 1.54) is 12.1 Å². The molecule has 2 aromatic carbocycles. The summed E-state index contributed by atoms with van der Waals surface area (Å²) in [6, 6.07) is 7.83. The van der Waals surface area contributed by atoms with Crippen molar-refractivity contribution in [3.63, 3.8) is 0 Å². The minimum atomic E-state index is -4.47. The Bertz CT molecular complexity index is 1170. The lowest BCUT2D eigenvalue weighted by Crippen LogP contribution is -2.43. The van der Waals surface area contributed by atoms with Crippen molar-refractivity contribution in [2.45, 2.75) is 70.1 Å². The standard InChI is InChI=1S/C28H31F3O8/c1-2-5-21-23(38-15-4-14-37-19-7-3-6-18(16-19)28(29,30)31)9-8-20-22(32)17-27(39-26(20)21,12-10-24(33)34)13-11-25(35)36/h3,6-9,16H,2,4-5,10-15,17H2,1H3,(H,33,34)(H,35,36). The first-order valence-corrected chi connectivity index (χ1v) is 12.7. The first-order chi connectivity index (χ1) is 18.4. The van der Waals surface area contributed by atoms with Gasteiger partial charge in [0.05, 0.1) is 30.8 Å². The van der Waals surface area contributed by atoms with Gasteiger partial charge in [-0.15, -0.1) is 0 Å². The molecular formula is C28H31F3O8. The van der Waals surface area contributed by atoms with Gasteiger partial charge in [0.1, 0.15) is 22.8 Å². The lowest BCUT2D eigenvalue weighted by molar-refractivity contribution is -0.139. The van der Waals surface area contributed by atoms with Crippen LogP contribution in [0.2, 0.25) is 0 Å². The second-order valence-electron chi connectivity index (χ2n) is 9.42. The van der Waals surface area contributed by atoms with E-state index < -0.39 is 29.3 Å². The van der Waals surface area contributed by atoms with Crippen LogP contribution in [0.4, 0.5) is 13.2 Å². The molecule has 0 aromatic heterocycles. The fourth-order valence-corrected chi connectivity index (χ4v) is 4.47. The first-order valence-electron chi connectivity index (χ1n) is 12.7. The minimum absolute atomic E-state index is 0.0235. The van der Waals surface area contributed by atoms with Gasteiger partial charge in [-0.1, -0.05) is 19.4 Å². The fraction of sp³-hybridized carbons (Fsp3) is 0.464. The van der Waals surface area contributed by atoms with Crippen molar-refractivity contribution >= 4 is 17.7 Å². The lowest BCUT2D eigenvalue weighted by atomic mass is 9.82. The molecule has 0 saturated heterocycles. The molecule has 39 heavy (non-hydrogen) atoms. The third-order valence-electron chi connectivity index (χ3n) is 6.38. The maximum atomic E-state index is 13.1. The maximum absolute atomic E-state index is 13.1. The predicted molar refractivity (Wildman–Crippen MR) is 134 cm³/mol. The summed E-state index contributed by atoms with van der Waals surface area (Å²) in [4.78, 5) is 35.6. The summed E-state index contributed by atoms with van der Waals surface area (Å²) in [6.07, 6.45) is -3.68. The van der Waals surface area contributed by atoms with Crippen LogP contribution < -0.4 is 14.2 Å². The number of benzene rings is 2. The number of alkyl halides is 3. The van der Waals surface area contributed by atoms with Crippen LogP contribution in [0.1, 0.15) is 73.4 Å². The number of hydrogen-bond acceptors (Lipinski definition) is 6. The van der Waals surface area contributed by atoms with E-state index in [2.05, 4.69) is 0 Å². The van der Waals surface area contributed by atoms with Crippen molar-refractivity contribution in [1.29, 1.82) is 0 Å². The van der Waals surface area contributed by atoms with Crippen LogP contribution in [0.5, 0.6) is 17.2 Å². The van der Waals surface area contributed by atoms with Crippen molar-refractivity contribution in [2.24, 2.45) is 0 Å². The number of rotatable bonds is 14. The van der Waals surface area contributed by atoms with E-state index >= 15 is 0 Å². The molecule has 0 amide bonds. The normalized spacial score (nSPS) is 14.3. The molecular weight excluding hydrogens is 521 g/mol. The molecule has 2 aromatic rings. The summed E-state index contributed by atoms with van der Waals surface area (Å²) in [5, 5.41) is 18.4. The highest BCUT2D eigenvalue weighted by Gasteiger charge is 2.42. The number of carbonyl (C=O) groups excluding carboxylic acids is 1. The lowest BCUT2D eigenvalue weighted by Gasteiger charge is -2.39. The van der Waals surface area contributed by atoms with Crippen LogP contribution in [0.3, 0.4) is 0 Å². The summed E-state index contributed by atoms with van der Waals surface area (Å²) < 4.78 is 56.3. The number of carboxylic acids is 2. The fourth-order valence-electron chi connectivity index (χ4n) is 4.47. The number of aliphatic carboxylic acids is 2. The molecule has 1 aliphatic rings. The van der Waals surface area contributed by atoms with Crippen molar-refractivity contribution < 1.29 is 52.0 Å². The molecule has 0 fully saturated rings. The number of fused-ring (bicyclic) bond motifs is 1. The molecule has 0 radical (unpaired) electrons. The summed E-state index contributed by atoms with van der Waals surface area (Å²) in [6.45, 7) is 2.21. The second kappa shape index (κ2) is 12.9. The molecule has 212 valence electrons. The summed E-state index contributed by atoms with van der Waals surface area (Å²) in [5.41, 5.74) is -1.11. The molecule has 1 heterocycles. The first kappa shape index (κ1) is 29.8. The number of ether oxygens (including phenoxy) is 3. The third-order valence-corrected chi connectivity index (χ3v) is 6.38. The van der Waals surface area contributed by atoms with Crippen LogP contribution in [-0.2, 0) is 22.2 Å². The number of ketones is 1. The zero-order valence-corrected chi connectivity index (χ0v) is 21.5.